The summed E-state index contributed by atoms with van der Waals surface area (Å²) in [6, 6.07) is 6.24. The molecule has 3 nitrogen and oxygen atoms in total. The molecule has 0 amide bonds. The highest BCUT2D eigenvalue weighted by atomic mass is 16.5. The van der Waals surface area contributed by atoms with E-state index in [1.54, 1.807) is 7.11 Å². The Labute approximate surface area is 132 Å². The molecule has 1 aromatic carbocycles. The number of hydrogen-bond donors (Lipinski definition) is 0. The lowest BCUT2D eigenvalue weighted by Crippen LogP contribution is -2.50. The molecule has 2 aliphatic carbocycles. The summed E-state index contributed by atoms with van der Waals surface area (Å²) in [5.74, 6) is 0.930. The lowest BCUT2D eigenvalue weighted by atomic mass is 9.51. The van der Waals surface area contributed by atoms with Crippen molar-refractivity contribution >= 4 is 12.0 Å². The fraction of sp³-hybridized carbons (Fsp3) is 0.526. The third-order valence-corrected chi connectivity index (χ3v) is 5.76. The number of rotatable bonds is 2. The number of methoxy groups -OCH3 is 2. The van der Waals surface area contributed by atoms with Crippen LogP contribution in [-0.4, -0.2) is 20.2 Å². The van der Waals surface area contributed by atoms with E-state index in [4.69, 9.17) is 9.47 Å². The van der Waals surface area contributed by atoms with E-state index in [1.807, 2.05) is 6.07 Å². The van der Waals surface area contributed by atoms with E-state index < -0.39 is 5.41 Å². The van der Waals surface area contributed by atoms with Gasteiger partial charge >= 0.3 is 5.97 Å². The molecule has 0 aromatic heterocycles. The summed E-state index contributed by atoms with van der Waals surface area (Å²) >= 11 is 0. The van der Waals surface area contributed by atoms with Gasteiger partial charge in [0.2, 0.25) is 0 Å². The molecule has 0 radical (unpaired) electrons. The van der Waals surface area contributed by atoms with Crippen LogP contribution in [0.1, 0.15) is 44.2 Å². The van der Waals surface area contributed by atoms with E-state index >= 15 is 0 Å². The maximum absolute atomic E-state index is 12.4. The first kappa shape index (κ1) is 15.1. The molecule has 1 fully saturated rings. The summed E-state index contributed by atoms with van der Waals surface area (Å²) in [5, 5.41) is 0. The fourth-order valence-corrected chi connectivity index (χ4v) is 4.53. The fourth-order valence-electron chi connectivity index (χ4n) is 4.53. The van der Waals surface area contributed by atoms with Crippen molar-refractivity contribution in [3.63, 3.8) is 0 Å². The average Bonchev–Trinajstić information content (AvgIpc) is 2.53. The van der Waals surface area contributed by atoms with Crippen LogP contribution in [0.15, 0.2) is 24.3 Å². The molecule has 0 saturated heterocycles. The highest BCUT2D eigenvalue weighted by Crippen LogP contribution is 2.56. The Morgan fingerprint density at radius 1 is 1.23 bits per heavy atom. The van der Waals surface area contributed by atoms with Crippen LogP contribution in [0.25, 0.3) is 6.08 Å². The predicted molar refractivity (Wildman–Crippen MR) is 86.8 cm³/mol. The molecule has 0 aliphatic heterocycles. The van der Waals surface area contributed by atoms with Gasteiger partial charge in [-0.05, 0) is 43.0 Å². The highest BCUT2D eigenvalue weighted by Gasteiger charge is 2.54. The summed E-state index contributed by atoms with van der Waals surface area (Å²) in [6.07, 6.45) is 7.35. The zero-order valence-electron chi connectivity index (χ0n) is 13.8. The zero-order chi connectivity index (χ0) is 16.0. The van der Waals surface area contributed by atoms with Gasteiger partial charge in [-0.25, -0.2) is 0 Å². The van der Waals surface area contributed by atoms with Gasteiger partial charge in [0.25, 0.3) is 0 Å². The molecular formula is C19H24O3. The smallest absolute Gasteiger partial charge is 0.312 e. The summed E-state index contributed by atoms with van der Waals surface area (Å²) in [5.41, 5.74) is 2.00. The number of carbonyl (C=O) groups excluding carboxylic acids is 1. The van der Waals surface area contributed by atoms with Gasteiger partial charge in [0, 0.05) is 11.3 Å². The van der Waals surface area contributed by atoms with Crippen LogP contribution in [-0.2, 0) is 14.9 Å². The molecule has 3 rings (SSSR count). The first-order valence-electron chi connectivity index (χ1n) is 7.91. The van der Waals surface area contributed by atoms with Crippen LogP contribution in [0, 0.1) is 11.3 Å². The third kappa shape index (κ3) is 1.98. The van der Waals surface area contributed by atoms with Crippen LogP contribution >= 0.6 is 0 Å². The van der Waals surface area contributed by atoms with Gasteiger partial charge in [0.05, 0.1) is 19.6 Å². The second-order valence-corrected chi connectivity index (χ2v) is 6.97. The molecule has 0 spiro atoms. The van der Waals surface area contributed by atoms with Gasteiger partial charge < -0.3 is 9.47 Å². The molecule has 3 heteroatoms. The lowest BCUT2D eigenvalue weighted by Gasteiger charge is -2.51. The molecular weight excluding hydrogens is 276 g/mol. The molecule has 0 unspecified atom stereocenters. The number of carbonyl (C=O) groups is 1. The van der Waals surface area contributed by atoms with Gasteiger partial charge in [0.1, 0.15) is 5.75 Å². The van der Waals surface area contributed by atoms with Crippen molar-refractivity contribution < 1.29 is 14.3 Å². The topological polar surface area (TPSA) is 35.5 Å². The lowest BCUT2D eigenvalue weighted by molar-refractivity contribution is -0.158. The minimum Gasteiger partial charge on any atom is -0.497 e. The second kappa shape index (κ2) is 5.15. The zero-order valence-corrected chi connectivity index (χ0v) is 13.8. The molecule has 0 heterocycles. The van der Waals surface area contributed by atoms with E-state index in [0.29, 0.717) is 0 Å². The summed E-state index contributed by atoms with van der Waals surface area (Å²) in [7, 11) is 3.18. The quantitative estimate of drug-likeness (QED) is 0.776. The first-order valence-corrected chi connectivity index (χ1v) is 7.91. The normalized spacial score (nSPS) is 32.8. The maximum Gasteiger partial charge on any atom is 0.312 e. The van der Waals surface area contributed by atoms with E-state index in [1.165, 1.54) is 18.2 Å². The standard InChI is InChI=1S/C19H24O3/c1-18-10-5-11-19(2,17(20)22-4)16(18)9-7-13-6-8-14(21-3)12-15(13)18/h6-9,12,16H,5,10-11H2,1-4H3/t16-,18+,19-/m1/s1. The maximum atomic E-state index is 12.4. The second-order valence-electron chi connectivity index (χ2n) is 6.97. The van der Waals surface area contributed by atoms with Crippen molar-refractivity contribution in [2.24, 2.45) is 11.3 Å². The van der Waals surface area contributed by atoms with E-state index in [-0.39, 0.29) is 17.3 Å². The Morgan fingerprint density at radius 3 is 2.68 bits per heavy atom. The van der Waals surface area contributed by atoms with Gasteiger partial charge in [-0.2, -0.15) is 0 Å². The molecule has 2 aliphatic rings. The molecule has 1 aromatic rings. The molecule has 0 bridgehead atoms. The van der Waals surface area contributed by atoms with Gasteiger partial charge in [-0.15, -0.1) is 0 Å². The minimum absolute atomic E-state index is 0.0557. The van der Waals surface area contributed by atoms with Crippen molar-refractivity contribution in [3.05, 3.63) is 35.4 Å². The third-order valence-electron chi connectivity index (χ3n) is 5.76. The average molecular weight is 300 g/mol. The van der Waals surface area contributed by atoms with Crippen LogP contribution in [0.3, 0.4) is 0 Å². The Hall–Kier alpha value is -1.77. The highest BCUT2D eigenvalue weighted by molar-refractivity contribution is 5.79. The van der Waals surface area contributed by atoms with Crippen molar-refractivity contribution in [2.45, 2.75) is 38.5 Å². The summed E-state index contributed by atoms with van der Waals surface area (Å²) in [6.45, 7) is 4.33. The van der Waals surface area contributed by atoms with Crippen LogP contribution in [0.5, 0.6) is 5.75 Å². The molecule has 1 saturated carbocycles. The monoisotopic (exact) mass is 300 g/mol. The van der Waals surface area contributed by atoms with Crippen LogP contribution < -0.4 is 4.74 Å². The van der Waals surface area contributed by atoms with Gasteiger partial charge in [-0.1, -0.05) is 31.6 Å². The predicted octanol–water partition coefficient (Wildman–Crippen LogP) is 3.96. The van der Waals surface area contributed by atoms with E-state index in [9.17, 15) is 4.79 Å². The van der Waals surface area contributed by atoms with Gasteiger partial charge in [0.15, 0.2) is 0 Å². The summed E-state index contributed by atoms with van der Waals surface area (Å²) < 4.78 is 10.5. The molecule has 3 atom stereocenters. The molecule has 22 heavy (non-hydrogen) atoms. The molecule has 0 N–H and O–H groups in total. The SMILES string of the molecule is COC(=O)[C@]1(C)CCC[C@@]2(C)c3cc(OC)ccc3C=C[C@@H]12. The van der Waals surface area contributed by atoms with Gasteiger partial charge in [-0.3, -0.25) is 4.79 Å². The Morgan fingerprint density at radius 2 is 2.00 bits per heavy atom. The summed E-state index contributed by atoms with van der Waals surface area (Å²) in [4.78, 5) is 12.4. The van der Waals surface area contributed by atoms with Crippen molar-refractivity contribution in [2.75, 3.05) is 14.2 Å². The van der Waals surface area contributed by atoms with E-state index in [2.05, 4.69) is 38.1 Å². The van der Waals surface area contributed by atoms with E-state index in [0.717, 1.165) is 25.0 Å². The Balaban J connectivity index is 2.13. The number of allylic oxidation sites excluding steroid dienone is 1. The molecule has 118 valence electrons. The van der Waals surface area contributed by atoms with Crippen molar-refractivity contribution in [3.8, 4) is 5.75 Å². The first-order chi connectivity index (χ1) is 10.5. The number of esters is 1. The number of benzene rings is 1. The minimum atomic E-state index is -0.459. The number of ether oxygens (including phenoxy) is 2. The van der Waals surface area contributed by atoms with Crippen molar-refractivity contribution in [1.82, 2.24) is 0 Å². The van der Waals surface area contributed by atoms with Crippen molar-refractivity contribution in [1.29, 1.82) is 0 Å². The largest absolute Gasteiger partial charge is 0.497 e. The number of fused-ring (bicyclic) bond motifs is 3. The number of hydrogen-bond acceptors (Lipinski definition) is 3. The Bertz CT molecular complexity index is 634. The van der Waals surface area contributed by atoms with Crippen LogP contribution in [0.4, 0.5) is 0 Å². The van der Waals surface area contributed by atoms with Crippen LogP contribution in [0.2, 0.25) is 0 Å². The Kier molecular flexibility index (Phi) is 3.54.